The van der Waals surface area contributed by atoms with Crippen molar-refractivity contribution < 1.29 is 19.2 Å². The number of non-ortho nitro benzene ring substituents is 1. The standard InChI is InChI=1S/C21H25N3O5S/c1-13(29-14(2)25)19-12-30-21(22-19)23-20(26)18(11-15-5-3-4-6-15)16-7-9-17(10-8-16)24(27)28/h7-10,12-13,15,18H,3-6,11H2,1-2H3,(H,22,23,26). The van der Waals surface area contributed by atoms with Gasteiger partial charge >= 0.3 is 5.97 Å². The number of carbonyl (C=O) groups excluding carboxylic acids is 2. The molecule has 160 valence electrons. The SMILES string of the molecule is CC(=O)OC(C)c1csc(NC(=O)C(CC2CCCC2)c2ccc([N+](=O)[O-])cc2)n1. The highest BCUT2D eigenvalue weighted by Gasteiger charge is 2.28. The summed E-state index contributed by atoms with van der Waals surface area (Å²) in [5.41, 5.74) is 1.34. The summed E-state index contributed by atoms with van der Waals surface area (Å²) < 4.78 is 5.13. The summed E-state index contributed by atoms with van der Waals surface area (Å²) >= 11 is 1.27. The number of ether oxygens (including phenoxy) is 1. The Labute approximate surface area is 178 Å². The third-order valence-electron chi connectivity index (χ3n) is 5.38. The van der Waals surface area contributed by atoms with Crippen LogP contribution in [0.2, 0.25) is 0 Å². The molecule has 0 aliphatic heterocycles. The topological polar surface area (TPSA) is 111 Å². The fourth-order valence-electron chi connectivity index (χ4n) is 3.83. The molecule has 2 unspecified atom stereocenters. The molecule has 2 aromatic rings. The summed E-state index contributed by atoms with van der Waals surface area (Å²) in [5.74, 6) is -0.522. The molecule has 1 aliphatic carbocycles. The second-order valence-corrected chi connectivity index (χ2v) is 8.46. The van der Waals surface area contributed by atoms with Gasteiger partial charge < -0.3 is 10.1 Å². The van der Waals surface area contributed by atoms with Gasteiger partial charge in [0.1, 0.15) is 6.10 Å². The lowest BCUT2D eigenvalue weighted by Crippen LogP contribution is -2.23. The minimum atomic E-state index is -0.492. The normalized spacial score (nSPS) is 16.1. The summed E-state index contributed by atoms with van der Waals surface area (Å²) in [4.78, 5) is 39.1. The van der Waals surface area contributed by atoms with Crippen molar-refractivity contribution in [3.63, 3.8) is 0 Å². The predicted molar refractivity (Wildman–Crippen MR) is 113 cm³/mol. The van der Waals surface area contributed by atoms with E-state index in [4.69, 9.17) is 4.74 Å². The maximum atomic E-state index is 13.1. The number of benzene rings is 1. The number of aromatic nitrogens is 1. The van der Waals surface area contributed by atoms with Gasteiger partial charge in [0.25, 0.3) is 5.69 Å². The van der Waals surface area contributed by atoms with Crippen molar-refractivity contribution in [1.82, 2.24) is 4.98 Å². The average molecular weight is 432 g/mol. The van der Waals surface area contributed by atoms with E-state index in [0.29, 0.717) is 23.2 Å². The van der Waals surface area contributed by atoms with E-state index in [1.165, 1.54) is 43.2 Å². The molecule has 0 bridgehead atoms. The van der Waals surface area contributed by atoms with Gasteiger partial charge in [-0.2, -0.15) is 0 Å². The first kappa shape index (κ1) is 21.9. The lowest BCUT2D eigenvalue weighted by atomic mass is 9.87. The molecule has 0 radical (unpaired) electrons. The quantitative estimate of drug-likeness (QED) is 0.358. The number of thiazole rings is 1. The number of esters is 1. The number of rotatable bonds is 8. The van der Waals surface area contributed by atoms with Crippen molar-refractivity contribution in [3.05, 3.63) is 51.0 Å². The number of nitro benzene ring substituents is 1. The molecule has 1 saturated carbocycles. The predicted octanol–water partition coefficient (Wildman–Crippen LogP) is 4.98. The van der Waals surface area contributed by atoms with Gasteiger partial charge in [-0.05, 0) is 24.8 Å². The van der Waals surface area contributed by atoms with E-state index in [1.807, 2.05) is 0 Å². The Morgan fingerprint density at radius 1 is 1.30 bits per heavy atom. The molecule has 3 rings (SSSR count). The van der Waals surface area contributed by atoms with Crippen LogP contribution < -0.4 is 5.32 Å². The van der Waals surface area contributed by atoms with E-state index in [9.17, 15) is 19.7 Å². The fraction of sp³-hybridized carbons (Fsp3) is 0.476. The highest BCUT2D eigenvalue weighted by molar-refractivity contribution is 7.13. The number of nitrogens with one attached hydrogen (secondary N) is 1. The zero-order valence-corrected chi connectivity index (χ0v) is 17.8. The number of amides is 1. The molecule has 1 heterocycles. The zero-order chi connectivity index (χ0) is 21.7. The summed E-state index contributed by atoms with van der Waals surface area (Å²) in [6.45, 7) is 3.06. The van der Waals surface area contributed by atoms with E-state index >= 15 is 0 Å². The second-order valence-electron chi connectivity index (χ2n) is 7.61. The van der Waals surface area contributed by atoms with Crippen LogP contribution in [0.1, 0.15) is 69.2 Å². The average Bonchev–Trinajstić information content (AvgIpc) is 3.37. The molecular weight excluding hydrogens is 406 g/mol. The molecule has 8 nitrogen and oxygen atoms in total. The molecule has 1 aromatic heterocycles. The van der Waals surface area contributed by atoms with E-state index in [1.54, 1.807) is 24.4 Å². The lowest BCUT2D eigenvalue weighted by Gasteiger charge is -2.20. The highest BCUT2D eigenvalue weighted by atomic mass is 32.1. The largest absolute Gasteiger partial charge is 0.456 e. The smallest absolute Gasteiger partial charge is 0.303 e. The number of carbonyl (C=O) groups is 2. The van der Waals surface area contributed by atoms with E-state index in [2.05, 4.69) is 10.3 Å². The van der Waals surface area contributed by atoms with Gasteiger partial charge in [-0.1, -0.05) is 37.8 Å². The molecule has 1 fully saturated rings. The van der Waals surface area contributed by atoms with Crippen LogP contribution in [0.4, 0.5) is 10.8 Å². The van der Waals surface area contributed by atoms with Gasteiger partial charge in [-0.3, -0.25) is 19.7 Å². The van der Waals surface area contributed by atoms with E-state index in [0.717, 1.165) is 18.4 Å². The Hall–Kier alpha value is -2.81. The number of hydrogen-bond acceptors (Lipinski definition) is 7. The minimum absolute atomic E-state index is 0.00259. The molecule has 30 heavy (non-hydrogen) atoms. The van der Waals surface area contributed by atoms with Crippen molar-refractivity contribution in [1.29, 1.82) is 0 Å². The minimum Gasteiger partial charge on any atom is -0.456 e. The molecule has 1 aromatic carbocycles. The summed E-state index contributed by atoms with van der Waals surface area (Å²) in [6, 6.07) is 6.19. The monoisotopic (exact) mass is 431 g/mol. The molecule has 1 N–H and O–H groups in total. The van der Waals surface area contributed by atoms with Crippen LogP contribution in [-0.2, 0) is 14.3 Å². The zero-order valence-electron chi connectivity index (χ0n) is 17.0. The second kappa shape index (κ2) is 9.80. The third kappa shape index (κ3) is 5.63. The van der Waals surface area contributed by atoms with Crippen molar-refractivity contribution in [2.24, 2.45) is 5.92 Å². The van der Waals surface area contributed by atoms with Gasteiger partial charge in [0.05, 0.1) is 16.5 Å². The Balaban J connectivity index is 1.75. The summed E-state index contributed by atoms with van der Waals surface area (Å²) in [6.07, 6.45) is 4.74. The third-order valence-corrected chi connectivity index (χ3v) is 6.15. The maximum Gasteiger partial charge on any atom is 0.303 e. The molecule has 1 amide bonds. The molecule has 2 atom stereocenters. The summed E-state index contributed by atoms with van der Waals surface area (Å²) in [7, 11) is 0. The first-order chi connectivity index (χ1) is 14.3. The Bertz CT molecular complexity index is 906. The number of nitro groups is 1. The van der Waals surface area contributed by atoms with Crippen molar-refractivity contribution in [2.75, 3.05) is 5.32 Å². The van der Waals surface area contributed by atoms with E-state index < -0.39 is 22.9 Å². The van der Waals surface area contributed by atoms with Crippen molar-refractivity contribution in [2.45, 2.75) is 58.0 Å². The van der Waals surface area contributed by atoms with Crippen LogP contribution in [-0.4, -0.2) is 21.8 Å². The van der Waals surface area contributed by atoms with Crippen LogP contribution in [0.25, 0.3) is 0 Å². The first-order valence-corrected chi connectivity index (χ1v) is 10.9. The van der Waals surface area contributed by atoms with Crippen LogP contribution in [0, 0.1) is 16.0 Å². The van der Waals surface area contributed by atoms with Gasteiger partial charge in [0, 0.05) is 24.4 Å². The molecule has 0 saturated heterocycles. The Morgan fingerprint density at radius 3 is 2.57 bits per heavy atom. The molecular formula is C21H25N3O5S. The Morgan fingerprint density at radius 2 is 1.97 bits per heavy atom. The van der Waals surface area contributed by atoms with E-state index in [-0.39, 0.29) is 11.6 Å². The van der Waals surface area contributed by atoms with Gasteiger partial charge in [0.15, 0.2) is 5.13 Å². The van der Waals surface area contributed by atoms with Gasteiger partial charge in [-0.15, -0.1) is 11.3 Å². The van der Waals surface area contributed by atoms with Crippen molar-refractivity contribution >= 4 is 34.0 Å². The summed E-state index contributed by atoms with van der Waals surface area (Å²) in [5, 5.41) is 16.0. The maximum absolute atomic E-state index is 13.1. The molecule has 9 heteroatoms. The molecule has 0 spiro atoms. The first-order valence-electron chi connectivity index (χ1n) is 10.0. The number of nitrogens with zero attached hydrogens (tertiary/aromatic N) is 2. The van der Waals surface area contributed by atoms with Crippen LogP contribution in [0.15, 0.2) is 29.6 Å². The molecule has 1 aliphatic rings. The van der Waals surface area contributed by atoms with Crippen LogP contribution in [0.3, 0.4) is 0 Å². The van der Waals surface area contributed by atoms with Gasteiger partial charge in [0.2, 0.25) is 5.91 Å². The fourth-order valence-corrected chi connectivity index (χ4v) is 4.63. The lowest BCUT2D eigenvalue weighted by molar-refractivity contribution is -0.384. The van der Waals surface area contributed by atoms with Crippen molar-refractivity contribution in [3.8, 4) is 0 Å². The highest BCUT2D eigenvalue weighted by Crippen LogP contribution is 2.35. The van der Waals surface area contributed by atoms with Gasteiger partial charge in [-0.25, -0.2) is 4.98 Å². The van der Waals surface area contributed by atoms with Crippen LogP contribution >= 0.6 is 11.3 Å². The number of anilines is 1. The number of hydrogen-bond donors (Lipinski definition) is 1. The van der Waals surface area contributed by atoms with Crippen LogP contribution in [0.5, 0.6) is 0 Å². The Kier molecular flexibility index (Phi) is 7.15.